The molecule has 0 radical (unpaired) electrons. The zero-order chi connectivity index (χ0) is 18.2. The Morgan fingerprint density at radius 1 is 1.20 bits per heavy atom. The van der Waals surface area contributed by atoms with Crippen molar-refractivity contribution in [3.05, 3.63) is 57.5 Å². The third-order valence-electron chi connectivity index (χ3n) is 4.41. The first-order chi connectivity index (χ1) is 11.9. The Labute approximate surface area is 146 Å². The van der Waals surface area contributed by atoms with E-state index in [1.807, 2.05) is 26.8 Å². The molecule has 25 heavy (non-hydrogen) atoms. The Morgan fingerprint density at radius 2 is 1.88 bits per heavy atom. The summed E-state index contributed by atoms with van der Waals surface area (Å²) in [5, 5.41) is 9.30. The molecule has 0 unspecified atom stereocenters. The van der Waals surface area contributed by atoms with Gasteiger partial charge in [-0.15, -0.1) is 0 Å². The summed E-state index contributed by atoms with van der Waals surface area (Å²) in [5.41, 5.74) is 1.15. The molecule has 1 aliphatic carbocycles. The molecule has 5 nitrogen and oxygen atoms in total. The van der Waals surface area contributed by atoms with Crippen molar-refractivity contribution in [2.45, 2.75) is 33.6 Å². The molecule has 1 aliphatic rings. The number of fused-ring (bicyclic) bond motifs is 1. The molecule has 1 aromatic carbocycles. The molecule has 1 heterocycles. The number of nitriles is 1. The second-order valence-corrected chi connectivity index (χ2v) is 7.04. The van der Waals surface area contributed by atoms with Crippen LogP contribution in [0, 0.1) is 16.7 Å². The van der Waals surface area contributed by atoms with E-state index in [9.17, 15) is 14.9 Å². The van der Waals surface area contributed by atoms with Crippen LogP contribution in [-0.2, 0) is 6.42 Å². The van der Waals surface area contributed by atoms with Gasteiger partial charge >= 0.3 is 0 Å². The fraction of sp³-hybridized carbons (Fsp3) is 0.350. The average Bonchev–Trinajstić information content (AvgIpc) is 2.55. The molecule has 0 N–H and O–H groups in total. The van der Waals surface area contributed by atoms with E-state index in [-0.39, 0.29) is 16.8 Å². The highest BCUT2D eigenvalue weighted by Gasteiger charge is 2.34. The van der Waals surface area contributed by atoms with E-state index in [4.69, 9.17) is 4.74 Å². The number of rotatable bonds is 3. The van der Waals surface area contributed by atoms with Gasteiger partial charge in [-0.3, -0.25) is 14.2 Å². The maximum Gasteiger partial charge on any atom is 0.273 e. The third kappa shape index (κ3) is 3.08. The van der Waals surface area contributed by atoms with Gasteiger partial charge in [-0.25, -0.2) is 0 Å². The maximum absolute atomic E-state index is 12.8. The first kappa shape index (κ1) is 17.0. The zero-order valence-corrected chi connectivity index (χ0v) is 14.6. The number of carbonyl (C=O) groups is 1. The number of benzene rings is 1. The van der Waals surface area contributed by atoms with Gasteiger partial charge in [-0.05, 0) is 49.1 Å². The first-order valence-electron chi connectivity index (χ1n) is 8.32. The molecule has 0 fully saturated rings. The van der Waals surface area contributed by atoms with Gasteiger partial charge in [0, 0.05) is 23.4 Å². The normalized spacial score (nSPS) is 15.4. The Morgan fingerprint density at radius 3 is 2.48 bits per heavy atom. The van der Waals surface area contributed by atoms with Gasteiger partial charge < -0.3 is 4.74 Å². The van der Waals surface area contributed by atoms with Crippen LogP contribution in [0.1, 0.15) is 48.8 Å². The molecule has 0 saturated carbocycles. The Bertz CT molecular complexity index is 931. The summed E-state index contributed by atoms with van der Waals surface area (Å²) in [4.78, 5) is 25.4. The molecule has 128 valence electrons. The summed E-state index contributed by atoms with van der Waals surface area (Å²) in [6.07, 6.45) is 1.01. The molecular weight excluding hydrogens is 316 g/mol. The van der Waals surface area contributed by atoms with E-state index in [0.29, 0.717) is 42.1 Å². The molecule has 3 rings (SSSR count). The molecule has 1 aromatic heterocycles. The first-order valence-corrected chi connectivity index (χ1v) is 8.32. The van der Waals surface area contributed by atoms with Crippen LogP contribution < -0.4 is 10.3 Å². The number of ether oxygens (including phenoxy) is 1. The monoisotopic (exact) mass is 336 g/mol. The van der Waals surface area contributed by atoms with Gasteiger partial charge in [0.1, 0.15) is 17.4 Å². The van der Waals surface area contributed by atoms with E-state index >= 15 is 0 Å². The lowest BCUT2D eigenvalue weighted by Crippen LogP contribution is -2.35. The van der Waals surface area contributed by atoms with Crippen molar-refractivity contribution >= 4 is 5.78 Å². The van der Waals surface area contributed by atoms with Crippen LogP contribution in [0.3, 0.4) is 0 Å². The maximum atomic E-state index is 12.8. The molecule has 5 heteroatoms. The van der Waals surface area contributed by atoms with Crippen LogP contribution in [0.15, 0.2) is 35.1 Å². The standard InChI is InChI=1S/C20H20N2O3/c1-4-25-15-7-5-14(6-8-15)22-17-10-20(2,3)11-18(23)16(17)9-13(12-21)19(22)24/h5-9H,4,10-11H2,1-3H3. The SMILES string of the molecule is CCOc1ccc(-n2c3c(cc(C#N)c2=O)C(=O)CC(C)(C)C3)cc1. The minimum absolute atomic E-state index is 0.0132. The van der Waals surface area contributed by atoms with Crippen LogP contribution in [0.25, 0.3) is 5.69 Å². The van der Waals surface area contributed by atoms with Crippen LogP contribution in [0.4, 0.5) is 0 Å². The van der Waals surface area contributed by atoms with Crippen LogP contribution in [0.2, 0.25) is 0 Å². The van der Waals surface area contributed by atoms with Crippen molar-refractivity contribution in [3.8, 4) is 17.5 Å². The van der Waals surface area contributed by atoms with Gasteiger partial charge in [0.05, 0.1) is 6.61 Å². The number of hydrogen-bond acceptors (Lipinski definition) is 4. The number of Topliss-reactive ketones (excluding diaryl/α,β-unsaturated/α-hetero) is 1. The van der Waals surface area contributed by atoms with Crippen molar-refractivity contribution in [3.63, 3.8) is 0 Å². The number of pyridine rings is 1. The quantitative estimate of drug-likeness (QED) is 0.862. The molecule has 0 bridgehead atoms. The van der Waals surface area contributed by atoms with Gasteiger partial charge in [-0.1, -0.05) is 13.8 Å². The molecule has 0 amide bonds. The topological polar surface area (TPSA) is 72.1 Å². The number of aromatic nitrogens is 1. The molecule has 0 aliphatic heterocycles. The highest BCUT2D eigenvalue weighted by molar-refractivity contribution is 5.99. The fourth-order valence-corrected chi connectivity index (χ4v) is 3.33. The Hall–Kier alpha value is -2.87. The lowest BCUT2D eigenvalue weighted by molar-refractivity contribution is 0.0909. The van der Waals surface area contributed by atoms with Crippen LogP contribution >= 0.6 is 0 Å². The predicted molar refractivity (Wildman–Crippen MR) is 94.4 cm³/mol. The minimum Gasteiger partial charge on any atom is -0.494 e. The number of ketones is 1. The minimum atomic E-state index is -0.393. The predicted octanol–water partition coefficient (Wildman–Crippen LogP) is 3.26. The van der Waals surface area contributed by atoms with E-state index in [0.717, 1.165) is 0 Å². The largest absolute Gasteiger partial charge is 0.494 e. The van der Waals surface area contributed by atoms with Crippen molar-refractivity contribution < 1.29 is 9.53 Å². The van der Waals surface area contributed by atoms with Gasteiger partial charge in [-0.2, -0.15) is 5.26 Å². The summed E-state index contributed by atoms with van der Waals surface area (Å²) < 4.78 is 6.94. The summed E-state index contributed by atoms with van der Waals surface area (Å²) in [6, 6.07) is 10.5. The molecule has 2 aromatic rings. The van der Waals surface area contributed by atoms with E-state index in [1.54, 1.807) is 24.3 Å². The number of hydrogen-bond donors (Lipinski definition) is 0. The summed E-state index contributed by atoms with van der Waals surface area (Å²) >= 11 is 0. The van der Waals surface area contributed by atoms with Crippen LogP contribution in [0.5, 0.6) is 5.75 Å². The fourth-order valence-electron chi connectivity index (χ4n) is 3.33. The highest BCUT2D eigenvalue weighted by atomic mass is 16.5. The van der Waals surface area contributed by atoms with E-state index in [1.165, 1.54) is 10.6 Å². The lowest BCUT2D eigenvalue weighted by atomic mass is 9.75. The number of carbonyl (C=O) groups excluding carboxylic acids is 1. The van der Waals surface area contributed by atoms with Crippen LogP contribution in [-0.4, -0.2) is 17.0 Å². The summed E-state index contributed by atoms with van der Waals surface area (Å²) in [6.45, 7) is 6.48. The summed E-state index contributed by atoms with van der Waals surface area (Å²) in [5.74, 6) is 0.684. The molecular formula is C20H20N2O3. The third-order valence-corrected chi connectivity index (χ3v) is 4.41. The Balaban J connectivity index is 2.25. The van der Waals surface area contributed by atoms with Crippen molar-refractivity contribution in [2.75, 3.05) is 6.61 Å². The molecule has 0 atom stereocenters. The zero-order valence-electron chi connectivity index (χ0n) is 14.6. The molecule has 0 spiro atoms. The van der Waals surface area contributed by atoms with Gasteiger partial charge in [0.15, 0.2) is 5.78 Å². The van der Waals surface area contributed by atoms with E-state index in [2.05, 4.69) is 0 Å². The summed E-state index contributed by atoms with van der Waals surface area (Å²) in [7, 11) is 0. The van der Waals surface area contributed by atoms with Crippen molar-refractivity contribution in [1.82, 2.24) is 4.57 Å². The van der Waals surface area contributed by atoms with Crippen molar-refractivity contribution in [1.29, 1.82) is 5.26 Å². The second-order valence-electron chi connectivity index (χ2n) is 7.04. The van der Waals surface area contributed by atoms with Gasteiger partial charge in [0.25, 0.3) is 5.56 Å². The van der Waals surface area contributed by atoms with Crippen molar-refractivity contribution in [2.24, 2.45) is 5.41 Å². The second kappa shape index (κ2) is 6.21. The molecule has 0 saturated heterocycles. The highest BCUT2D eigenvalue weighted by Crippen LogP contribution is 2.35. The smallest absolute Gasteiger partial charge is 0.273 e. The van der Waals surface area contributed by atoms with Gasteiger partial charge in [0.2, 0.25) is 0 Å². The Kier molecular flexibility index (Phi) is 4.22. The lowest BCUT2D eigenvalue weighted by Gasteiger charge is -2.32. The van der Waals surface area contributed by atoms with E-state index < -0.39 is 5.56 Å². The average molecular weight is 336 g/mol. The number of nitrogens with zero attached hydrogens (tertiary/aromatic N) is 2.